The van der Waals surface area contributed by atoms with Crippen LogP contribution in [0.4, 0.5) is 13.2 Å². The zero-order valence-corrected chi connectivity index (χ0v) is 8.76. The topological polar surface area (TPSA) is 9.23 Å². The Labute approximate surface area is 92.2 Å². The van der Waals surface area contributed by atoms with Gasteiger partial charge in [-0.05, 0) is 36.5 Å². The Hall–Kier alpha value is -1.19. The van der Waals surface area contributed by atoms with Crippen LogP contribution in [0.1, 0.15) is 30.7 Å². The van der Waals surface area contributed by atoms with Crippen LogP contribution in [0.15, 0.2) is 24.3 Å². The molecule has 1 aliphatic rings. The predicted octanol–water partition coefficient (Wildman–Crippen LogP) is 3.90. The number of hydrogen-bond acceptors (Lipinski definition) is 1. The molecule has 88 valence electrons. The fraction of sp³-hybridized carbons (Fsp3) is 0.500. The Morgan fingerprint density at radius 3 is 2.19 bits per heavy atom. The summed E-state index contributed by atoms with van der Waals surface area (Å²) in [5.41, 5.74) is 1.20. The maximum atomic E-state index is 11.9. The van der Waals surface area contributed by atoms with Crippen LogP contribution in [0.3, 0.4) is 0 Å². The summed E-state index contributed by atoms with van der Waals surface area (Å²) < 4.78 is 40.3. The molecule has 4 heteroatoms. The molecule has 16 heavy (non-hydrogen) atoms. The average molecular weight is 230 g/mol. The van der Waals surface area contributed by atoms with E-state index in [2.05, 4.69) is 4.74 Å². The molecule has 1 aromatic carbocycles. The van der Waals surface area contributed by atoms with Crippen LogP contribution in [0.5, 0.6) is 5.75 Å². The molecule has 0 saturated heterocycles. The molecule has 1 saturated carbocycles. The minimum Gasteiger partial charge on any atom is -0.484 e. The lowest BCUT2D eigenvalue weighted by atomic mass is 9.80. The smallest absolute Gasteiger partial charge is 0.422 e. The van der Waals surface area contributed by atoms with Crippen LogP contribution < -0.4 is 4.74 Å². The van der Waals surface area contributed by atoms with Crippen LogP contribution >= 0.6 is 0 Å². The molecule has 0 atom stereocenters. The summed E-state index contributed by atoms with van der Waals surface area (Å²) in [6, 6.07) is 6.93. The van der Waals surface area contributed by atoms with E-state index in [1.54, 1.807) is 12.1 Å². The van der Waals surface area contributed by atoms with Crippen molar-refractivity contribution in [2.24, 2.45) is 0 Å². The van der Waals surface area contributed by atoms with Crippen molar-refractivity contribution in [2.75, 3.05) is 6.61 Å². The normalized spacial score (nSPS) is 16.9. The molecular weight excluding hydrogens is 217 g/mol. The highest BCUT2D eigenvalue weighted by molar-refractivity contribution is 5.30. The summed E-state index contributed by atoms with van der Waals surface area (Å²) in [5, 5.41) is 0. The highest BCUT2D eigenvalue weighted by atomic mass is 19.4. The second-order valence-electron chi connectivity index (χ2n) is 4.10. The molecule has 1 aliphatic carbocycles. The van der Waals surface area contributed by atoms with E-state index < -0.39 is 12.8 Å². The molecule has 0 N–H and O–H groups in total. The summed E-state index contributed by atoms with van der Waals surface area (Å²) in [6.45, 7) is -1.23. The maximum absolute atomic E-state index is 11.9. The van der Waals surface area contributed by atoms with Gasteiger partial charge in [-0.3, -0.25) is 0 Å². The first kappa shape index (κ1) is 11.3. The Morgan fingerprint density at radius 2 is 1.75 bits per heavy atom. The van der Waals surface area contributed by atoms with E-state index in [1.807, 2.05) is 12.1 Å². The molecule has 0 aromatic heterocycles. The number of benzene rings is 1. The van der Waals surface area contributed by atoms with Crippen molar-refractivity contribution >= 4 is 0 Å². The largest absolute Gasteiger partial charge is 0.484 e. The average Bonchev–Trinajstić information content (AvgIpc) is 2.13. The predicted molar refractivity (Wildman–Crippen MR) is 54.6 cm³/mol. The van der Waals surface area contributed by atoms with Gasteiger partial charge in [0.05, 0.1) is 0 Å². The lowest BCUT2D eigenvalue weighted by molar-refractivity contribution is -0.153. The van der Waals surface area contributed by atoms with Gasteiger partial charge in [-0.15, -0.1) is 0 Å². The highest BCUT2D eigenvalue weighted by Crippen LogP contribution is 2.36. The first-order valence-electron chi connectivity index (χ1n) is 5.34. The molecule has 0 aliphatic heterocycles. The van der Waals surface area contributed by atoms with E-state index in [1.165, 1.54) is 24.8 Å². The number of hydrogen-bond donors (Lipinski definition) is 0. The van der Waals surface area contributed by atoms with E-state index in [0.717, 1.165) is 0 Å². The van der Waals surface area contributed by atoms with Crippen molar-refractivity contribution < 1.29 is 17.9 Å². The SMILES string of the molecule is FC(F)(F)COc1ccc(C2CCC2)cc1. The molecule has 1 aromatic rings. The van der Waals surface area contributed by atoms with Crippen LogP contribution in [0.25, 0.3) is 0 Å². The van der Waals surface area contributed by atoms with Crippen molar-refractivity contribution in [1.82, 2.24) is 0 Å². The van der Waals surface area contributed by atoms with Crippen molar-refractivity contribution in [1.29, 1.82) is 0 Å². The highest BCUT2D eigenvalue weighted by Gasteiger charge is 2.28. The maximum Gasteiger partial charge on any atom is 0.422 e. The third-order valence-corrected chi connectivity index (χ3v) is 2.86. The summed E-state index contributed by atoms with van der Waals surface area (Å²) in [5.74, 6) is 0.872. The van der Waals surface area contributed by atoms with Crippen molar-refractivity contribution in [3.63, 3.8) is 0 Å². The molecule has 0 unspecified atom stereocenters. The lowest BCUT2D eigenvalue weighted by Crippen LogP contribution is -2.19. The second-order valence-corrected chi connectivity index (χ2v) is 4.10. The summed E-state index contributed by atoms with van der Waals surface area (Å²) in [7, 11) is 0. The van der Waals surface area contributed by atoms with Crippen molar-refractivity contribution in [3.8, 4) is 5.75 Å². The summed E-state index contributed by atoms with van der Waals surface area (Å²) in [6.07, 6.45) is -0.658. The van der Waals surface area contributed by atoms with Gasteiger partial charge >= 0.3 is 6.18 Å². The number of rotatable bonds is 3. The number of ether oxygens (including phenoxy) is 1. The quantitative estimate of drug-likeness (QED) is 0.765. The van der Waals surface area contributed by atoms with E-state index in [9.17, 15) is 13.2 Å². The van der Waals surface area contributed by atoms with Gasteiger partial charge in [0.1, 0.15) is 5.75 Å². The minimum atomic E-state index is -4.27. The third kappa shape index (κ3) is 2.90. The van der Waals surface area contributed by atoms with Gasteiger partial charge in [-0.1, -0.05) is 18.6 Å². The Morgan fingerprint density at radius 1 is 1.12 bits per heavy atom. The molecule has 0 radical (unpaired) electrons. The van der Waals surface area contributed by atoms with Gasteiger partial charge in [0.25, 0.3) is 0 Å². The van der Waals surface area contributed by atoms with E-state index in [4.69, 9.17) is 0 Å². The molecule has 2 rings (SSSR count). The zero-order chi connectivity index (χ0) is 11.6. The number of halogens is 3. The van der Waals surface area contributed by atoms with Crippen LogP contribution in [-0.4, -0.2) is 12.8 Å². The molecule has 0 amide bonds. The monoisotopic (exact) mass is 230 g/mol. The molecule has 1 nitrogen and oxygen atoms in total. The van der Waals surface area contributed by atoms with E-state index in [0.29, 0.717) is 5.92 Å². The van der Waals surface area contributed by atoms with E-state index >= 15 is 0 Å². The summed E-state index contributed by atoms with van der Waals surface area (Å²) >= 11 is 0. The fourth-order valence-corrected chi connectivity index (χ4v) is 1.74. The van der Waals surface area contributed by atoms with Crippen molar-refractivity contribution in [2.45, 2.75) is 31.4 Å². The number of alkyl halides is 3. The van der Waals surface area contributed by atoms with Gasteiger partial charge in [0, 0.05) is 0 Å². The summed E-state index contributed by atoms with van der Waals surface area (Å²) in [4.78, 5) is 0. The third-order valence-electron chi connectivity index (χ3n) is 2.86. The van der Waals surface area contributed by atoms with Gasteiger partial charge in [0.2, 0.25) is 0 Å². The Balaban J connectivity index is 1.91. The Bertz CT molecular complexity index is 338. The Kier molecular flexibility index (Phi) is 3.08. The van der Waals surface area contributed by atoms with Crippen LogP contribution in [0.2, 0.25) is 0 Å². The first-order chi connectivity index (χ1) is 7.54. The standard InChI is InChI=1S/C12H13F3O/c13-12(14,15)8-16-11-6-4-10(5-7-11)9-2-1-3-9/h4-7,9H,1-3,8H2. The van der Waals surface area contributed by atoms with Gasteiger partial charge in [0.15, 0.2) is 6.61 Å². The van der Waals surface area contributed by atoms with Gasteiger partial charge in [-0.2, -0.15) is 13.2 Å². The second kappa shape index (κ2) is 4.36. The van der Waals surface area contributed by atoms with Crippen LogP contribution in [-0.2, 0) is 0 Å². The molecular formula is C12H13F3O. The molecule has 0 spiro atoms. The van der Waals surface area contributed by atoms with Crippen molar-refractivity contribution in [3.05, 3.63) is 29.8 Å². The fourth-order valence-electron chi connectivity index (χ4n) is 1.74. The minimum absolute atomic E-state index is 0.278. The van der Waals surface area contributed by atoms with Gasteiger partial charge < -0.3 is 4.74 Å². The van der Waals surface area contributed by atoms with E-state index in [-0.39, 0.29) is 5.75 Å². The first-order valence-corrected chi connectivity index (χ1v) is 5.34. The molecule has 0 bridgehead atoms. The van der Waals surface area contributed by atoms with Crippen LogP contribution in [0, 0.1) is 0 Å². The molecule has 0 heterocycles. The van der Waals surface area contributed by atoms with Gasteiger partial charge in [-0.25, -0.2) is 0 Å². The zero-order valence-electron chi connectivity index (χ0n) is 8.76. The molecule has 1 fully saturated rings. The lowest BCUT2D eigenvalue weighted by Gasteiger charge is -2.25.